The molecule has 0 amide bonds. The van der Waals surface area contributed by atoms with Gasteiger partial charge in [-0.3, -0.25) is 0 Å². The van der Waals surface area contributed by atoms with Gasteiger partial charge >= 0.3 is 0 Å². The summed E-state index contributed by atoms with van der Waals surface area (Å²) in [5.41, 5.74) is 4.06. The van der Waals surface area contributed by atoms with Crippen molar-refractivity contribution >= 4 is 28.3 Å². The SMILES string of the molecule is C=PCC(CC)C(CCCCC1=CC(C)C=C(C)C1)[P+](=C)C. The Hall–Kier alpha value is -0.180. The Labute approximate surface area is 141 Å². The van der Waals surface area contributed by atoms with Crippen molar-refractivity contribution in [2.75, 3.05) is 12.8 Å². The Kier molecular flexibility index (Phi) is 9.54. The number of hydrogen-bond acceptors (Lipinski definition) is 0. The molecule has 0 radical (unpaired) electrons. The third-order valence-electron chi connectivity index (χ3n) is 4.80. The van der Waals surface area contributed by atoms with Crippen LogP contribution in [0.15, 0.2) is 23.3 Å². The third-order valence-corrected chi connectivity index (χ3v) is 7.34. The molecule has 1 aliphatic rings. The molecule has 0 bridgehead atoms. The highest BCUT2D eigenvalue weighted by molar-refractivity contribution is 7.55. The lowest BCUT2D eigenvalue weighted by Crippen LogP contribution is -2.18. The molecule has 1 aliphatic carbocycles. The maximum absolute atomic E-state index is 4.40. The summed E-state index contributed by atoms with van der Waals surface area (Å²) < 4.78 is 0. The van der Waals surface area contributed by atoms with Gasteiger partial charge in [0.05, 0.1) is 20.5 Å². The fourth-order valence-corrected chi connectivity index (χ4v) is 6.40. The maximum Gasteiger partial charge on any atom is 0.119 e. The molecule has 0 nitrogen and oxygen atoms in total. The van der Waals surface area contributed by atoms with Crippen LogP contribution in [0.2, 0.25) is 0 Å². The molecule has 22 heavy (non-hydrogen) atoms. The number of hydrogen-bond donors (Lipinski definition) is 0. The summed E-state index contributed by atoms with van der Waals surface area (Å²) in [6.07, 6.45) is 22.5. The molecule has 0 fully saturated rings. The van der Waals surface area contributed by atoms with Gasteiger partial charge in [-0.15, -0.1) is 8.20 Å². The fourth-order valence-electron chi connectivity index (χ4n) is 3.73. The summed E-state index contributed by atoms with van der Waals surface area (Å²) in [5, 5.41) is 0. The summed E-state index contributed by atoms with van der Waals surface area (Å²) in [6.45, 7) is 9.28. The lowest BCUT2D eigenvalue weighted by Gasteiger charge is -2.20. The van der Waals surface area contributed by atoms with E-state index in [0.29, 0.717) is 5.92 Å². The summed E-state index contributed by atoms with van der Waals surface area (Å²) in [7, 11) is 1.23. The van der Waals surface area contributed by atoms with E-state index in [1.54, 1.807) is 11.1 Å². The van der Waals surface area contributed by atoms with Gasteiger partial charge in [-0.1, -0.05) is 43.4 Å². The number of unbranched alkanes of at least 4 members (excludes halogenated alkanes) is 1. The minimum atomic E-state index is -0.0721. The molecule has 0 aromatic rings. The van der Waals surface area contributed by atoms with Crippen LogP contribution >= 0.6 is 15.7 Å². The first-order chi connectivity index (χ1) is 10.5. The molecule has 124 valence electrons. The van der Waals surface area contributed by atoms with E-state index >= 15 is 0 Å². The molecular weight excluding hydrogens is 302 g/mol. The number of rotatable bonds is 10. The van der Waals surface area contributed by atoms with Crippen molar-refractivity contribution in [3.63, 3.8) is 0 Å². The van der Waals surface area contributed by atoms with Gasteiger partial charge in [0, 0.05) is 5.92 Å². The molecule has 0 saturated carbocycles. The van der Waals surface area contributed by atoms with Gasteiger partial charge in [0.25, 0.3) is 0 Å². The zero-order chi connectivity index (χ0) is 16.5. The van der Waals surface area contributed by atoms with Crippen LogP contribution in [-0.2, 0) is 0 Å². The highest BCUT2D eigenvalue weighted by Gasteiger charge is 2.26. The van der Waals surface area contributed by atoms with Gasteiger partial charge in [0.2, 0.25) is 0 Å². The molecule has 0 aliphatic heterocycles. The van der Waals surface area contributed by atoms with Crippen LogP contribution < -0.4 is 0 Å². The fraction of sp³-hybridized carbons (Fsp3) is 0.700. The molecule has 0 saturated heterocycles. The molecule has 0 aromatic carbocycles. The van der Waals surface area contributed by atoms with Crippen molar-refractivity contribution < 1.29 is 0 Å². The van der Waals surface area contributed by atoms with Crippen LogP contribution in [0.25, 0.3) is 0 Å². The van der Waals surface area contributed by atoms with E-state index in [-0.39, 0.29) is 7.55 Å². The Bertz CT molecular complexity index is 431. The predicted molar refractivity (Wildman–Crippen MR) is 111 cm³/mol. The maximum atomic E-state index is 4.40. The van der Waals surface area contributed by atoms with Crippen molar-refractivity contribution in [3.8, 4) is 0 Å². The zero-order valence-corrected chi connectivity index (χ0v) is 16.9. The first-order valence-electron chi connectivity index (χ1n) is 8.80. The topological polar surface area (TPSA) is 0 Å². The first-order valence-corrected chi connectivity index (χ1v) is 12.1. The van der Waals surface area contributed by atoms with Crippen molar-refractivity contribution in [3.05, 3.63) is 23.3 Å². The smallest absolute Gasteiger partial charge is 0.112 e. The Morgan fingerprint density at radius 3 is 2.64 bits per heavy atom. The summed E-state index contributed by atoms with van der Waals surface area (Å²) >= 11 is 0. The second kappa shape index (κ2) is 10.6. The van der Waals surface area contributed by atoms with E-state index in [4.69, 9.17) is 0 Å². The highest BCUT2D eigenvalue weighted by atomic mass is 31.1. The van der Waals surface area contributed by atoms with Gasteiger partial charge in [-0.25, -0.2) is 0 Å². The minimum absolute atomic E-state index is 0.0721. The number of allylic oxidation sites excluding steroid dienone is 4. The largest absolute Gasteiger partial charge is 0.119 e. The molecule has 0 N–H and O–H groups in total. The average Bonchev–Trinajstić information content (AvgIpc) is 2.44. The molecular formula is C20H35P2+. The molecule has 0 aromatic heterocycles. The molecule has 4 atom stereocenters. The van der Waals surface area contributed by atoms with Crippen LogP contribution in [0.3, 0.4) is 0 Å². The van der Waals surface area contributed by atoms with E-state index in [1.807, 2.05) is 0 Å². The van der Waals surface area contributed by atoms with Gasteiger partial charge in [0.15, 0.2) is 0 Å². The van der Waals surface area contributed by atoms with Crippen molar-refractivity contribution in [1.29, 1.82) is 0 Å². The summed E-state index contributed by atoms with van der Waals surface area (Å²) in [4.78, 5) is 0. The van der Waals surface area contributed by atoms with Crippen molar-refractivity contribution in [2.24, 2.45) is 11.8 Å². The normalized spacial score (nSPS) is 22.0. The van der Waals surface area contributed by atoms with Crippen molar-refractivity contribution in [1.82, 2.24) is 0 Å². The summed E-state index contributed by atoms with van der Waals surface area (Å²) in [6, 6.07) is 0. The highest BCUT2D eigenvalue weighted by Crippen LogP contribution is 2.36. The van der Waals surface area contributed by atoms with Gasteiger partial charge in [0.1, 0.15) is 5.66 Å². The van der Waals surface area contributed by atoms with Gasteiger partial charge in [-0.05, 0) is 57.5 Å². The summed E-state index contributed by atoms with van der Waals surface area (Å²) in [5.74, 6) is 1.48. The average molecular weight is 337 g/mol. The second-order valence-electron chi connectivity index (χ2n) is 7.02. The van der Waals surface area contributed by atoms with Crippen LogP contribution in [-0.4, -0.2) is 31.1 Å². The lowest BCUT2D eigenvalue weighted by molar-refractivity contribution is 0.495. The minimum Gasteiger partial charge on any atom is -0.112 e. The van der Waals surface area contributed by atoms with E-state index in [2.05, 4.69) is 52.2 Å². The molecule has 4 unspecified atom stereocenters. The first kappa shape index (κ1) is 19.9. The van der Waals surface area contributed by atoms with E-state index in [1.165, 1.54) is 52.9 Å². The van der Waals surface area contributed by atoms with E-state index < -0.39 is 0 Å². The standard InChI is InChI=1S/C20H35P2/c1-7-19(15-21-4)20(22(5)6)11-9-8-10-18-13-16(2)12-17(3)14-18/h12-13,16,19-20H,4-5,7-11,14-15H2,1-3,6H3/q+1. The van der Waals surface area contributed by atoms with Crippen LogP contribution in [0.4, 0.5) is 0 Å². The zero-order valence-electron chi connectivity index (χ0n) is 15.1. The second-order valence-corrected chi connectivity index (χ2v) is 10.0. The lowest BCUT2D eigenvalue weighted by atomic mass is 9.90. The van der Waals surface area contributed by atoms with E-state index in [9.17, 15) is 0 Å². The van der Waals surface area contributed by atoms with Crippen LogP contribution in [0.1, 0.15) is 59.3 Å². The quantitative estimate of drug-likeness (QED) is 0.234. The van der Waals surface area contributed by atoms with Crippen LogP contribution in [0.5, 0.6) is 0 Å². The Morgan fingerprint density at radius 2 is 2.09 bits per heavy atom. The van der Waals surface area contributed by atoms with Gasteiger partial charge in [-0.2, -0.15) is 0 Å². The van der Waals surface area contributed by atoms with Crippen molar-refractivity contribution in [2.45, 2.75) is 65.0 Å². The monoisotopic (exact) mass is 337 g/mol. The molecule has 2 heteroatoms. The Balaban J connectivity index is 2.40. The van der Waals surface area contributed by atoms with Gasteiger partial charge < -0.3 is 0 Å². The molecule has 0 spiro atoms. The Morgan fingerprint density at radius 1 is 1.36 bits per heavy atom. The third kappa shape index (κ3) is 6.93. The van der Waals surface area contributed by atoms with Crippen LogP contribution in [0, 0.1) is 11.8 Å². The predicted octanol–water partition coefficient (Wildman–Crippen LogP) is 6.78. The molecule has 1 rings (SSSR count). The molecule has 0 heterocycles. The van der Waals surface area contributed by atoms with E-state index in [0.717, 1.165) is 11.6 Å².